The summed E-state index contributed by atoms with van der Waals surface area (Å²) in [6.45, 7) is 3.84. The fourth-order valence-electron chi connectivity index (χ4n) is 3.07. The molecule has 0 radical (unpaired) electrons. The number of aromatic hydroxyl groups is 1. The van der Waals surface area contributed by atoms with Gasteiger partial charge < -0.3 is 21.1 Å². The zero-order chi connectivity index (χ0) is 18.4. The van der Waals surface area contributed by atoms with Gasteiger partial charge in [-0.15, -0.1) is 0 Å². The van der Waals surface area contributed by atoms with Crippen molar-refractivity contribution >= 4 is 17.6 Å². The van der Waals surface area contributed by atoms with E-state index >= 15 is 0 Å². The molecular formula is C20H24N4O2. The first-order valence-electron chi connectivity index (χ1n) is 8.84. The smallest absolute Gasteiger partial charge is 0.225 e. The molecule has 0 aliphatic carbocycles. The number of rotatable bonds is 5. The van der Waals surface area contributed by atoms with Crippen LogP contribution in [0.15, 0.2) is 53.5 Å². The first-order chi connectivity index (χ1) is 12.7. The summed E-state index contributed by atoms with van der Waals surface area (Å²) in [5.74, 6) is 1.07. The Balaban J connectivity index is 1.67. The van der Waals surface area contributed by atoms with E-state index in [0.717, 1.165) is 23.4 Å². The molecule has 1 amide bonds. The summed E-state index contributed by atoms with van der Waals surface area (Å²) in [7, 11) is 0. The number of fused-ring (bicyclic) bond motifs is 1. The molecule has 1 aliphatic heterocycles. The number of nitrogens with zero attached hydrogens (tertiary/aromatic N) is 1. The van der Waals surface area contributed by atoms with Crippen LogP contribution in [0, 0.1) is 0 Å². The van der Waals surface area contributed by atoms with Crippen molar-refractivity contribution in [1.82, 2.24) is 10.6 Å². The maximum Gasteiger partial charge on any atom is 0.225 e. The highest BCUT2D eigenvalue weighted by molar-refractivity contribution is 5.94. The van der Waals surface area contributed by atoms with Crippen LogP contribution in [0.4, 0.5) is 5.69 Å². The van der Waals surface area contributed by atoms with Crippen molar-refractivity contribution in [1.29, 1.82) is 0 Å². The molecule has 1 aliphatic rings. The van der Waals surface area contributed by atoms with Crippen molar-refractivity contribution in [3.8, 4) is 5.75 Å². The predicted octanol–water partition coefficient (Wildman–Crippen LogP) is 2.57. The van der Waals surface area contributed by atoms with Gasteiger partial charge in [0.25, 0.3) is 0 Å². The van der Waals surface area contributed by atoms with Crippen LogP contribution in [-0.2, 0) is 11.3 Å². The van der Waals surface area contributed by atoms with Crippen LogP contribution < -0.4 is 16.0 Å². The van der Waals surface area contributed by atoms with Gasteiger partial charge in [-0.1, -0.05) is 30.3 Å². The number of carbonyl (C=O) groups is 1. The number of hydrogen-bond acceptors (Lipinski definition) is 3. The van der Waals surface area contributed by atoms with Gasteiger partial charge in [0.1, 0.15) is 5.75 Å². The number of guanidine groups is 1. The van der Waals surface area contributed by atoms with E-state index < -0.39 is 0 Å². The molecule has 0 aromatic heterocycles. The number of carbonyl (C=O) groups excluding carboxylic acids is 1. The molecule has 0 saturated carbocycles. The van der Waals surface area contributed by atoms with Crippen molar-refractivity contribution in [2.45, 2.75) is 25.8 Å². The monoisotopic (exact) mass is 352 g/mol. The highest BCUT2D eigenvalue weighted by Gasteiger charge is 2.24. The van der Waals surface area contributed by atoms with Gasteiger partial charge >= 0.3 is 0 Å². The zero-order valence-corrected chi connectivity index (χ0v) is 14.8. The van der Waals surface area contributed by atoms with Gasteiger partial charge in [-0.3, -0.25) is 4.79 Å². The summed E-state index contributed by atoms with van der Waals surface area (Å²) in [4.78, 5) is 16.5. The Labute approximate surface area is 153 Å². The average molecular weight is 352 g/mol. The summed E-state index contributed by atoms with van der Waals surface area (Å²) in [5.41, 5.74) is 2.96. The molecule has 4 N–H and O–H groups in total. The van der Waals surface area contributed by atoms with Crippen LogP contribution in [0.3, 0.4) is 0 Å². The van der Waals surface area contributed by atoms with E-state index in [9.17, 15) is 9.90 Å². The van der Waals surface area contributed by atoms with Crippen molar-refractivity contribution in [3.63, 3.8) is 0 Å². The molecule has 26 heavy (non-hydrogen) atoms. The quantitative estimate of drug-likeness (QED) is 0.492. The largest absolute Gasteiger partial charge is 0.508 e. The highest BCUT2D eigenvalue weighted by atomic mass is 16.3. The molecule has 0 saturated heterocycles. The number of hydrogen-bond donors (Lipinski definition) is 4. The predicted molar refractivity (Wildman–Crippen MR) is 103 cm³/mol. The fourth-order valence-corrected chi connectivity index (χ4v) is 3.07. The number of para-hydroxylation sites is 1. The summed E-state index contributed by atoms with van der Waals surface area (Å²) in [6, 6.07) is 15.0. The lowest BCUT2D eigenvalue weighted by Crippen LogP contribution is -2.40. The van der Waals surface area contributed by atoms with E-state index in [1.165, 1.54) is 0 Å². The molecule has 1 unspecified atom stereocenters. The molecule has 3 rings (SSSR count). The maximum absolute atomic E-state index is 11.9. The van der Waals surface area contributed by atoms with E-state index in [4.69, 9.17) is 0 Å². The van der Waals surface area contributed by atoms with Gasteiger partial charge in [-0.05, 0) is 36.2 Å². The third-order valence-corrected chi connectivity index (χ3v) is 4.30. The van der Waals surface area contributed by atoms with E-state index in [-0.39, 0.29) is 17.6 Å². The molecule has 0 spiro atoms. The molecule has 1 heterocycles. The van der Waals surface area contributed by atoms with Crippen LogP contribution in [0.5, 0.6) is 5.75 Å². The Morgan fingerprint density at radius 2 is 2.08 bits per heavy atom. The zero-order valence-electron chi connectivity index (χ0n) is 14.8. The molecule has 6 nitrogen and oxygen atoms in total. The molecule has 2 aromatic rings. The summed E-state index contributed by atoms with van der Waals surface area (Å²) in [6.07, 6.45) is 0.454. The molecule has 2 aromatic carbocycles. The molecule has 0 bridgehead atoms. The van der Waals surface area contributed by atoms with Crippen LogP contribution in [0.2, 0.25) is 0 Å². The standard InChI is InChI=1S/C20H24N4O2/c1-2-21-20(22-12-14-6-5-7-16(25)10-14)23-13-15-11-19(26)24-18-9-4-3-8-17(15)18/h3-10,15,25H,2,11-13H2,1H3,(H,24,26)(H2,21,22,23). The van der Waals surface area contributed by atoms with Gasteiger partial charge in [-0.2, -0.15) is 0 Å². The summed E-state index contributed by atoms with van der Waals surface area (Å²) >= 11 is 0. The summed E-state index contributed by atoms with van der Waals surface area (Å²) < 4.78 is 0. The number of amides is 1. The molecule has 6 heteroatoms. The van der Waals surface area contributed by atoms with Crippen molar-refractivity contribution in [2.24, 2.45) is 4.99 Å². The number of nitrogens with one attached hydrogen (secondary N) is 3. The topological polar surface area (TPSA) is 85.8 Å². The second kappa shape index (κ2) is 8.38. The summed E-state index contributed by atoms with van der Waals surface area (Å²) in [5, 5.41) is 19.0. The number of anilines is 1. The lowest BCUT2D eigenvalue weighted by molar-refractivity contribution is -0.116. The van der Waals surface area contributed by atoms with Gasteiger partial charge in [0.2, 0.25) is 5.91 Å². The first kappa shape index (κ1) is 17.8. The minimum Gasteiger partial charge on any atom is -0.508 e. The van der Waals surface area contributed by atoms with Crippen LogP contribution in [-0.4, -0.2) is 30.1 Å². The third-order valence-electron chi connectivity index (χ3n) is 4.30. The van der Waals surface area contributed by atoms with Gasteiger partial charge in [-0.25, -0.2) is 4.99 Å². The lowest BCUT2D eigenvalue weighted by atomic mass is 9.90. The fraction of sp³-hybridized carbons (Fsp3) is 0.300. The van der Waals surface area contributed by atoms with E-state index in [1.54, 1.807) is 18.2 Å². The molecule has 0 fully saturated rings. The Morgan fingerprint density at radius 1 is 1.23 bits per heavy atom. The molecule has 136 valence electrons. The average Bonchev–Trinajstić information content (AvgIpc) is 2.63. The Bertz CT molecular complexity index is 804. The third kappa shape index (κ3) is 4.53. The lowest BCUT2D eigenvalue weighted by Gasteiger charge is -2.26. The number of aliphatic imine (C=N–C) groups is 1. The van der Waals surface area contributed by atoms with E-state index in [0.29, 0.717) is 25.5 Å². The first-order valence-corrected chi connectivity index (χ1v) is 8.84. The normalized spacial score (nSPS) is 16.6. The van der Waals surface area contributed by atoms with E-state index in [2.05, 4.69) is 27.0 Å². The minimum atomic E-state index is 0.0391. The van der Waals surface area contributed by atoms with Crippen molar-refractivity contribution in [2.75, 3.05) is 18.4 Å². The SMILES string of the molecule is CCNC(=NCc1cccc(O)c1)NCC1CC(=O)Nc2ccccc21. The van der Waals surface area contributed by atoms with Crippen molar-refractivity contribution < 1.29 is 9.90 Å². The second-order valence-electron chi connectivity index (χ2n) is 6.28. The van der Waals surface area contributed by atoms with Crippen molar-refractivity contribution in [3.05, 3.63) is 59.7 Å². The van der Waals surface area contributed by atoms with Crippen LogP contribution >= 0.6 is 0 Å². The van der Waals surface area contributed by atoms with Gasteiger partial charge in [0.05, 0.1) is 6.54 Å². The number of benzene rings is 2. The Morgan fingerprint density at radius 3 is 2.88 bits per heavy atom. The number of phenolic OH excluding ortho intramolecular Hbond substituents is 1. The van der Waals surface area contributed by atoms with Gasteiger partial charge in [0, 0.05) is 31.1 Å². The van der Waals surface area contributed by atoms with Crippen LogP contribution in [0.25, 0.3) is 0 Å². The minimum absolute atomic E-state index is 0.0391. The Hall–Kier alpha value is -3.02. The maximum atomic E-state index is 11.9. The van der Waals surface area contributed by atoms with Gasteiger partial charge in [0.15, 0.2) is 5.96 Å². The number of phenols is 1. The molecule has 1 atom stereocenters. The highest BCUT2D eigenvalue weighted by Crippen LogP contribution is 2.31. The second-order valence-corrected chi connectivity index (χ2v) is 6.28. The molecular weight excluding hydrogens is 328 g/mol. The van der Waals surface area contributed by atoms with Crippen LogP contribution in [0.1, 0.15) is 30.4 Å². The Kier molecular flexibility index (Phi) is 5.73. The van der Waals surface area contributed by atoms with E-state index in [1.807, 2.05) is 31.2 Å².